The molecule has 2 N–H and O–H groups in total. The van der Waals surface area contributed by atoms with Gasteiger partial charge in [0, 0.05) is 6.07 Å². The molecule has 1 aromatic carbocycles. The molecule has 0 radical (unpaired) electrons. The van der Waals surface area contributed by atoms with Crippen molar-refractivity contribution in [3.63, 3.8) is 0 Å². The van der Waals surface area contributed by atoms with Crippen LogP contribution in [0.5, 0.6) is 0 Å². The van der Waals surface area contributed by atoms with Crippen LogP contribution in [0.1, 0.15) is 50.1 Å². The van der Waals surface area contributed by atoms with Crippen LogP contribution in [0.15, 0.2) is 30.6 Å². The number of hydrogen-bond acceptors (Lipinski definition) is 5. The Hall–Kier alpha value is -3.27. The maximum Gasteiger partial charge on any atom is 0.354 e. The number of hydrogen-bond donors (Lipinski definition) is 2. The SMILES string of the molecule is N#Cc1ccc2c(c1)CC[C@@H]2NC(=O)c1cc(C(=O)O)ncn1. The Morgan fingerprint density at radius 2 is 2.04 bits per heavy atom. The highest BCUT2D eigenvalue weighted by atomic mass is 16.4. The van der Waals surface area contributed by atoms with Crippen molar-refractivity contribution in [1.29, 1.82) is 5.26 Å². The maximum absolute atomic E-state index is 12.3. The summed E-state index contributed by atoms with van der Waals surface area (Å²) in [5.41, 5.74) is 2.40. The molecule has 7 heteroatoms. The van der Waals surface area contributed by atoms with Crippen LogP contribution < -0.4 is 5.32 Å². The number of amides is 1. The van der Waals surface area contributed by atoms with Gasteiger partial charge in [-0.1, -0.05) is 6.07 Å². The molecule has 7 nitrogen and oxygen atoms in total. The minimum atomic E-state index is -1.21. The Bertz CT molecular complexity index is 841. The van der Waals surface area contributed by atoms with Crippen LogP contribution in [-0.2, 0) is 6.42 Å². The number of nitrogens with one attached hydrogen (secondary N) is 1. The average molecular weight is 308 g/mol. The highest BCUT2D eigenvalue weighted by Gasteiger charge is 2.25. The molecule has 114 valence electrons. The summed E-state index contributed by atoms with van der Waals surface area (Å²) in [6.07, 6.45) is 2.56. The van der Waals surface area contributed by atoms with Crippen molar-refractivity contribution in [2.75, 3.05) is 0 Å². The standard InChI is InChI=1S/C16H12N4O3/c17-7-9-1-3-11-10(5-9)2-4-12(11)20-15(21)13-6-14(16(22)23)19-8-18-13/h1,3,5-6,8,12H,2,4H2,(H,20,21)(H,22,23)/t12-/m0/s1. The first-order chi connectivity index (χ1) is 11.1. The summed E-state index contributed by atoms with van der Waals surface area (Å²) in [6, 6.07) is 8.46. The molecule has 23 heavy (non-hydrogen) atoms. The first-order valence-corrected chi connectivity index (χ1v) is 6.97. The van der Waals surface area contributed by atoms with Crippen molar-refractivity contribution in [2.24, 2.45) is 0 Å². The summed E-state index contributed by atoms with van der Waals surface area (Å²) in [7, 11) is 0. The lowest BCUT2D eigenvalue weighted by Gasteiger charge is -2.14. The third-order valence-electron chi connectivity index (χ3n) is 3.77. The van der Waals surface area contributed by atoms with Gasteiger partial charge in [0.2, 0.25) is 0 Å². The smallest absolute Gasteiger partial charge is 0.354 e. The summed E-state index contributed by atoms with van der Waals surface area (Å²) < 4.78 is 0. The van der Waals surface area contributed by atoms with Gasteiger partial charge in [0.15, 0.2) is 5.69 Å². The molecule has 0 bridgehead atoms. The van der Waals surface area contributed by atoms with Crippen LogP contribution in [0, 0.1) is 11.3 Å². The molecule has 1 amide bonds. The quantitative estimate of drug-likeness (QED) is 0.886. The monoisotopic (exact) mass is 308 g/mol. The van der Waals surface area contributed by atoms with Gasteiger partial charge in [-0.25, -0.2) is 14.8 Å². The summed E-state index contributed by atoms with van der Waals surface area (Å²) in [4.78, 5) is 30.6. The van der Waals surface area contributed by atoms with Crippen molar-refractivity contribution in [3.05, 3.63) is 58.7 Å². The molecule has 0 fully saturated rings. The number of fused-ring (bicyclic) bond motifs is 1. The number of carbonyl (C=O) groups excluding carboxylic acids is 1. The van der Waals surface area contributed by atoms with Gasteiger partial charge in [0.25, 0.3) is 5.91 Å². The van der Waals surface area contributed by atoms with E-state index in [1.807, 2.05) is 12.1 Å². The second kappa shape index (κ2) is 5.85. The lowest BCUT2D eigenvalue weighted by molar-refractivity contribution is 0.0690. The number of rotatable bonds is 3. The molecule has 1 atom stereocenters. The van der Waals surface area contributed by atoms with Crippen LogP contribution in [0.2, 0.25) is 0 Å². The normalized spacial score (nSPS) is 15.5. The third-order valence-corrected chi connectivity index (χ3v) is 3.77. The van der Waals surface area contributed by atoms with E-state index >= 15 is 0 Å². The van der Waals surface area contributed by atoms with Crippen LogP contribution in [0.25, 0.3) is 0 Å². The first-order valence-electron chi connectivity index (χ1n) is 6.97. The predicted octanol–water partition coefficient (Wildman–Crippen LogP) is 1.46. The van der Waals surface area contributed by atoms with E-state index in [1.165, 1.54) is 0 Å². The van der Waals surface area contributed by atoms with E-state index in [1.54, 1.807) is 6.07 Å². The Morgan fingerprint density at radius 3 is 2.78 bits per heavy atom. The minimum absolute atomic E-state index is 0.0134. The Labute approximate surface area is 131 Å². The van der Waals surface area contributed by atoms with Crippen LogP contribution in [0.4, 0.5) is 0 Å². The van der Waals surface area contributed by atoms with Gasteiger partial charge >= 0.3 is 5.97 Å². The number of carbonyl (C=O) groups is 2. The number of carboxylic acids is 1. The summed E-state index contributed by atoms with van der Waals surface area (Å²) in [5.74, 6) is -1.66. The molecule has 1 aliphatic carbocycles. The van der Waals surface area contributed by atoms with Crippen molar-refractivity contribution >= 4 is 11.9 Å². The maximum atomic E-state index is 12.3. The zero-order valence-corrected chi connectivity index (χ0v) is 12.0. The second-order valence-electron chi connectivity index (χ2n) is 5.18. The second-order valence-corrected chi connectivity index (χ2v) is 5.18. The van der Waals surface area contributed by atoms with E-state index < -0.39 is 11.9 Å². The molecular formula is C16H12N4O3. The summed E-state index contributed by atoms with van der Waals surface area (Å²) >= 11 is 0. The molecule has 0 aliphatic heterocycles. The lowest BCUT2D eigenvalue weighted by Crippen LogP contribution is -2.28. The van der Waals surface area contributed by atoms with E-state index in [-0.39, 0.29) is 17.4 Å². The number of nitriles is 1. The van der Waals surface area contributed by atoms with E-state index in [0.29, 0.717) is 5.56 Å². The van der Waals surface area contributed by atoms with Gasteiger partial charge in [-0.2, -0.15) is 5.26 Å². The predicted molar refractivity (Wildman–Crippen MR) is 78.7 cm³/mol. The van der Waals surface area contributed by atoms with Crippen LogP contribution in [0.3, 0.4) is 0 Å². The van der Waals surface area contributed by atoms with Crippen molar-refractivity contribution < 1.29 is 14.7 Å². The van der Waals surface area contributed by atoms with E-state index in [2.05, 4.69) is 21.4 Å². The largest absolute Gasteiger partial charge is 0.477 e. The zero-order valence-electron chi connectivity index (χ0n) is 12.0. The number of benzene rings is 1. The van der Waals surface area contributed by atoms with Gasteiger partial charge < -0.3 is 10.4 Å². The number of aryl methyl sites for hydroxylation is 1. The molecule has 0 saturated heterocycles. The van der Waals surface area contributed by atoms with E-state index in [4.69, 9.17) is 10.4 Å². The fourth-order valence-corrected chi connectivity index (χ4v) is 2.67. The average Bonchev–Trinajstić information content (AvgIpc) is 2.97. The van der Waals surface area contributed by atoms with E-state index in [0.717, 1.165) is 36.4 Å². The molecule has 0 unspecified atom stereocenters. The molecule has 1 aromatic heterocycles. The first kappa shape index (κ1) is 14.7. The summed E-state index contributed by atoms with van der Waals surface area (Å²) in [6.45, 7) is 0. The fraction of sp³-hybridized carbons (Fsp3) is 0.188. The number of aromatic nitrogens is 2. The Balaban J connectivity index is 1.79. The molecule has 2 aromatic rings. The van der Waals surface area contributed by atoms with Crippen LogP contribution in [-0.4, -0.2) is 27.0 Å². The molecule has 0 saturated carbocycles. The van der Waals surface area contributed by atoms with E-state index in [9.17, 15) is 9.59 Å². The van der Waals surface area contributed by atoms with Crippen molar-refractivity contribution in [2.45, 2.75) is 18.9 Å². The number of carboxylic acid groups (broad SMARTS) is 1. The van der Waals surface area contributed by atoms with Gasteiger partial charge in [-0.15, -0.1) is 0 Å². The molecular weight excluding hydrogens is 296 g/mol. The molecule has 1 aliphatic rings. The topological polar surface area (TPSA) is 116 Å². The Morgan fingerprint density at radius 1 is 1.26 bits per heavy atom. The molecule has 0 spiro atoms. The third kappa shape index (κ3) is 2.87. The van der Waals surface area contributed by atoms with Gasteiger partial charge in [-0.05, 0) is 36.1 Å². The molecule has 1 heterocycles. The Kier molecular flexibility index (Phi) is 3.73. The zero-order chi connectivity index (χ0) is 16.4. The van der Waals surface area contributed by atoms with Crippen LogP contribution >= 0.6 is 0 Å². The highest BCUT2D eigenvalue weighted by Crippen LogP contribution is 2.31. The van der Waals surface area contributed by atoms with Crippen molar-refractivity contribution in [1.82, 2.24) is 15.3 Å². The fourth-order valence-electron chi connectivity index (χ4n) is 2.67. The van der Waals surface area contributed by atoms with Gasteiger partial charge in [0.1, 0.15) is 12.0 Å². The lowest BCUT2D eigenvalue weighted by atomic mass is 10.1. The highest BCUT2D eigenvalue weighted by molar-refractivity contribution is 5.95. The summed E-state index contributed by atoms with van der Waals surface area (Å²) in [5, 5.41) is 20.7. The van der Waals surface area contributed by atoms with Crippen molar-refractivity contribution in [3.8, 4) is 6.07 Å². The number of nitrogens with zero attached hydrogens (tertiary/aromatic N) is 3. The van der Waals surface area contributed by atoms with Gasteiger partial charge in [0.05, 0.1) is 17.7 Å². The molecule has 3 rings (SSSR count). The van der Waals surface area contributed by atoms with Gasteiger partial charge in [-0.3, -0.25) is 4.79 Å². The number of aromatic carboxylic acids is 1. The minimum Gasteiger partial charge on any atom is -0.477 e.